The van der Waals surface area contributed by atoms with E-state index in [9.17, 15) is 4.79 Å². The highest BCUT2D eigenvalue weighted by Crippen LogP contribution is 2.26. The molecule has 0 amide bonds. The van der Waals surface area contributed by atoms with Gasteiger partial charge in [0, 0.05) is 11.8 Å². The van der Waals surface area contributed by atoms with E-state index in [2.05, 4.69) is 4.98 Å². The maximum absolute atomic E-state index is 12.2. The van der Waals surface area contributed by atoms with E-state index in [-0.39, 0.29) is 17.0 Å². The highest BCUT2D eigenvalue weighted by molar-refractivity contribution is 6.41. The number of ether oxygens (including phenoxy) is 1. The summed E-state index contributed by atoms with van der Waals surface area (Å²) in [7, 11) is 0. The molecular formula is C16H15Cl2NO2. The van der Waals surface area contributed by atoms with E-state index in [1.54, 1.807) is 19.2 Å². The van der Waals surface area contributed by atoms with Crippen molar-refractivity contribution in [3.8, 4) is 0 Å². The van der Waals surface area contributed by atoms with Gasteiger partial charge in [0.2, 0.25) is 0 Å². The van der Waals surface area contributed by atoms with E-state index in [1.807, 2.05) is 37.3 Å². The average molecular weight is 324 g/mol. The van der Waals surface area contributed by atoms with Crippen LogP contribution >= 0.6 is 23.2 Å². The molecule has 5 heteroatoms. The van der Waals surface area contributed by atoms with Crippen molar-refractivity contribution < 1.29 is 9.53 Å². The number of carbonyl (C=O) groups is 1. The summed E-state index contributed by atoms with van der Waals surface area (Å²) < 4.78 is 5.47. The summed E-state index contributed by atoms with van der Waals surface area (Å²) in [6.07, 6.45) is 1.12. The van der Waals surface area contributed by atoms with Gasteiger partial charge in [-0.2, -0.15) is 0 Å². The van der Waals surface area contributed by atoms with Gasteiger partial charge in [-0.15, -0.1) is 0 Å². The number of nitrogens with zero attached hydrogens (tertiary/aromatic N) is 1. The van der Waals surface area contributed by atoms with E-state index >= 15 is 0 Å². The first-order chi connectivity index (χ1) is 9.99. The Morgan fingerprint density at radius 2 is 1.81 bits per heavy atom. The Morgan fingerprint density at radius 3 is 2.43 bits per heavy atom. The van der Waals surface area contributed by atoms with Crippen LogP contribution in [-0.2, 0) is 9.53 Å². The first-order valence-corrected chi connectivity index (χ1v) is 7.31. The second-order valence-corrected chi connectivity index (χ2v) is 5.52. The Bertz CT molecular complexity index is 631. The molecule has 2 rings (SSSR count). The van der Waals surface area contributed by atoms with Gasteiger partial charge in [0.25, 0.3) is 0 Å². The van der Waals surface area contributed by atoms with Crippen LogP contribution < -0.4 is 0 Å². The van der Waals surface area contributed by atoms with Gasteiger partial charge in [0.05, 0.1) is 10.9 Å². The predicted molar refractivity (Wildman–Crippen MR) is 83.6 cm³/mol. The Balaban J connectivity index is 2.06. The fraction of sp³-hybridized carbons (Fsp3) is 0.250. The smallest absolute Gasteiger partial charge is 0.313 e. The summed E-state index contributed by atoms with van der Waals surface area (Å²) in [5.74, 6) is -0.621. The molecule has 21 heavy (non-hydrogen) atoms. The number of esters is 1. The normalized spacial score (nSPS) is 13.5. The second kappa shape index (κ2) is 6.92. The molecule has 3 nitrogen and oxygen atoms in total. The first kappa shape index (κ1) is 15.8. The standard InChI is InChI=1S/C16H15Cl2NO2/c1-10(12-6-4-3-5-7-12)16(20)21-11(2)13-8-14(17)15(18)19-9-13/h3-11H,1-2H3/t10-,11?/m1/s1. The summed E-state index contributed by atoms with van der Waals surface area (Å²) in [6.45, 7) is 3.59. The number of hydrogen-bond donors (Lipinski definition) is 0. The van der Waals surface area contributed by atoms with Crippen molar-refractivity contribution >= 4 is 29.2 Å². The zero-order valence-electron chi connectivity index (χ0n) is 11.7. The number of halogens is 2. The lowest BCUT2D eigenvalue weighted by molar-refractivity contribution is -0.150. The molecule has 0 fully saturated rings. The third-order valence-electron chi connectivity index (χ3n) is 3.23. The second-order valence-electron chi connectivity index (χ2n) is 4.75. The molecule has 2 atom stereocenters. The number of benzene rings is 1. The molecule has 0 radical (unpaired) electrons. The Morgan fingerprint density at radius 1 is 1.14 bits per heavy atom. The molecular weight excluding hydrogens is 309 g/mol. The third kappa shape index (κ3) is 3.96. The minimum atomic E-state index is -0.439. The summed E-state index contributed by atoms with van der Waals surface area (Å²) in [4.78, 5) is 16.1. The van der Waals surface area contributed by atoms with E-state index in [1.165, 1.54) is 0 Å². The maximum Gasteiger partial charge on any atom is 0.313 e. The molecule has 0 spiro atoms. The monoisotopic (exact) mass is 323 g/mol. The van der Waals surface area contributed by atoms with Gasteiger partial charge in [-0.05, 0) is 25.5 Å². The van der Waals surface area contributed by atoms with Crippen molar-refractivity contribution in [1.29, 1.82) is 0 Å². The highest BCUT2D eigenvalue weighted by atomic mass is 35.5. The average Bonchev–Trinajstić information content (AvgIpc) is 2.50. The molecule has 1 unspecified atom stereocenters. The summed E-state index contributed by atoms with van der Waals surface area (Å²) in [5.41, 5.74) is 1.62. The largest absolute Gasteiger partial charge is 0.457 e. The van der Waals surface area contributed by atoms with Crippen LogP contribution in [0, 0.1) is 0 Å². The lowest BCUT2D eigenvalue weighted by Gasteiger charge is -2.17. The van der Waals surface area contributed by atoms with Crippen LogP contribution in [0.15, 0.2) is 42.6 Å². The van der Waals surface area contributed by atoms with Crippen LogP contribution in [0.4, 0.5) is 0 Å². The summed E-state index contributed by atoms with van der Waals surface area (Å²) >= 11 is 11.7. The zero-order chi connectivity index (χ0) is 15.4. The number of rotatable bonds is 4. The molecule has 0 aliphatic carbocycles. The van der Waals surface area contributed by atoms with Gasteiger partial charge >= 0.3 is 5.97 Å². The van der Waals surface area contributed by atoms with Crippen molar-refractivity contribution in [3.63, 3.8) is 0 Å². The number of carbonyl (C=O) groups excluding carboxylic acids is 1. The fourth-order valence-electron chi connectivity index (χ4n) is 1.88. The van der Waals surface area contributed by atoms with Crippen LogP contribution in [0.25, 0.3) is 0 Å². The highest BCUT2D eigenvalue weighted by Gasteiger charge is 2.20. The summed E-state index contributed by atoms with van der Waals surface area (Å²) in [5, 5.41) is 0.574. The molecule has 0 N–H and O–H groups in total. The van der Waals surface area contributed by atoms with Gasteiger partial charge in [0.15, 0.2) is 0 Å². The quantitative estimate of drug-likeness (QED) is 0.599. The lowest BCUT2D eigenvalue weighted by atomic mass is 10.0. The van der Waals surface area contributed by atoms with Crippen molar-refractivity contribution in [2.75, 3.05) is 0 Å². The topological polar surface area (TPSA) is 39.2 Å². The molecule has 110 valence electrons. The van der Waals surface area contributed by atoms with Gasteiger partial charge in [0.1, 0.15) is 11.3 Å². The molecule has 1 heterocycles. The Labute approximate surface area is 133 Å². The van der Waals surface area contributed by atoms with Gasteiger partial charge < -0.3 is 4.74 Å². The SMILES string of the molecule is CC(OC(=O)[C@H](C)c1ccccc1)c1cnc(Cl)c(Cl)c1. The van der Waals surface area contributed by atoms with E-state index in [0.29, 0.717) is 10.6 Å². The number of pyridine rings is 1. The minimum Gasteiger partial charge on any atom is -0.457 e. The Kier molecular flexibility index (Phi) is 5.21. The maximum atomic E-state index is 12.2. The van der Waals surface area contributed by atoms with E-state index < -0.39 is 6.10 Å². The lowest BCUT2D eigenvalue weighted by Crippen LogP contribution is -2.15. The van der Waals surface area contributed by atoms with Crippen molar-refractivity contribution in [1.82, 2.24) is 4.98 Å². The molecule has 2 aromatic rings. The summed E-state index contributed by atoms with van der Waals surface area (Å²) in [6, 6.07) is 11.2. The van der Waals surface area contributed by atoms with Crippen LogP contribution in [-0.4, -0.2) is 11.0 Å². The predicted octanol–water partition coefficient (Wildman–Crippen LogP) is 4.80. The fourth-order valence-corrected chi connectivity index (χ4v) is 2.16. The molecule has 1 aromatic carbocycles. The minimum absolute atomic E-state index is 0.233. The van der Waals surface area contributed by atoms with Crippen LogP contribution in [0.3, 0.4) is 0 Å². The third-order valence-corrected chi connectivity index (χ3v) is 3.92. The van der Waals surface area contributed by atoms with Crippen molar-refractivity contribution in [2.24, 2.45) is 0 Å². The van der Waals surface area contributed by atoms with Gasteiger partial charge in [-0.3, -0.25) is 4.79 Å². The zero-order valence-corrected chi connectivity index (χ0v) is 13.2. The molecule has 0 aliphatic rings. The van der Waals surface area contributed by atoms with Crippen molar-refractivity contribution in [3.05, 3.63) is 63.9 Å². The number of aromatic nitrogens is 1. The van der Waals surface area contributed by atoms with E-state index in [0.717, 1.165) is 5.56 Å². The van der Waals surface area contributed by atoms with Crippen LogP contribution in [0.1, 0.15) is 37.0 Å². The molecule has 0 saturated carbocycles. The molecule has 1 aromatic heterocycles. The number of hydrogen-bond acceptors (Lipinski definition) is 3. The van der Waals surface area contributed by atoms with E-state index in [4.69, 9.17) is 27.9 Å². The van der Waals surface area contributed by atoms with Gasteiger partial charge in [-0.1, -0.05) is 53.5 Å². The Hall–Kier alpha value is -1.58. The van der Waals surface area contributed by atoms with Gasteiger partial charge in [-0.25, -0.2) is 4.98 Å². The van der Waals surface area contributed by atoms with Crippen LogP contribution in [0.5, 0.6) is 0 Å². The molecule has 0 bridgehead atoms. The van der Waals surface area contributed by atoms with Crippen molar-refractivity contribution in [2.45, 2.75) is 25.9 Å². The molecule has 0 saturated heterocycles. The van der Waals surface area contributed by atoms with Crippen LogP contribution in [0.2, 0.25) is 10.2 Å². The molecule has 0 aliphatic heterocycles. The first-order valence-electron chi connectivity index (χ1n) is 6.55.